The van der Waals surface area contributed by atoms with E-state index in [-0.39, 0.29) is 11.7 Å². The van der Waals surface area contributed by atoms with E-state index in [4.69, 9.17) is 4.42 Å². The van der Waals surface area contributed by atoms with Crippen LogP contribution in [0.25, 0.3) is 11.0 Å². The van der Waals surface area contributed by atoms with E-state index in [1.807, 2.05) is 44.0 Å². The summed E-state index contributed by atoms with van der Waals surface area (Å²) in [6.45, 7) is 4.88. The van der Waals surface area contributed by atoms with Gasteiger partial charge in [0.05, 0.1) is 5.56 Å². The van der Waals surface area contributed by atoms with Crippen LogP contribution in [-0.2, 0) is 19.5 Å². The first-order valence-corrected chi connectivity index (χ1v) is 9.61. The topological polar surface area (TPSA) is 82.8 Å². The van der Waals surface area contributed by atoms with Crippen molar-refractivity contribution in [2.45, 2.75) is 33.4 Å². The smallest absolute Gasteiger partial charge is 0.336 e. The van der Waals surface area contributed by atoms with Crippen molar-refractivity contribution < 1.29 is 14.3 Å². The monoisotopic (exact) mass is 394 g/mol. The molecule has 1 aromatic heterocycles. The van der Waals surface area contributed by atoms with Gasteiger partial charge in [0.25, 0.3) is 5.91 Å². The Hall–Kier alpha value is -3.12. The second-order valence-corrected chi connectivity index (χ2v) is 7.29. The average Bonchev–Trinajstić information content (AvgIpc) is 2.70. The fourth-order valence-corrected chi connectivity index (χ4v) is 3.53. The molecule has 0 unspecified atom stereocenters. The third-order valence-corrected chi connectivity index (χ3v) is 5.09. The third-order valence-electron chi connectivity index (χ3n) is 5.09. The number of hydrogen-bond acceptors (Lipinski definition) is 5. The molecule has 0 aliphatic carbocycles. The van der Waals surface area contributed by atoms with E-state index >= 15 is 0 Å². The van der Waals surface area contributed by atoms with Crippen LogP contribution in [0.2, 0.25) is 0 Å². The Bertz CT molecular complexity index is 1100. The number of phenols is 1. The number of nitrogens with one attached hydrogen (secondary N) is 1. The molecular formula is C23H26N2O4. The first-order valence-electron chi connectivity index (χ1n) is 9.61. The SMILES string of the molecule is CCc1cc2c(C)cc(=O)oc2c(CN(C)Cc2ccc(C(=O)NC)cc2)c1O. The van der Waals surface area contributed by atoms with Crippen LogP contribution in [0, 0.1) is 6.92 Å². The van der Waals surface area contributed by atoms with Gasteiger partial charge in [-0.1, -0.05) is 19.1 Å². The number of carbonyl (C=O) groups excluding carboxylic acids is 1. The molecule has 1 amide bonds. The van der Waals surface area contributed by atoms with Crippen molar-refractivity contribution in [2.24, 2.45) is 0 Å². The lowest BCUT2D eigenvalue weighted by Crippen LogP contribution is -2.19. The van der Waals surface area contributed by atoms with Crippen LogP contribution >= 0.6 is 0 Å². The number of aryl methyl sites for hydroxylation is 2. The van der Waals surface area contributed by atoms with E-state index in [9.17, 15) is 14.7 Å². The zero-order valence-corrected chi connectivity index (χ0v) is 17.2. The summed E-state index contributed by atoms with van der Waals surface area (Å²) in [6.07, 6.45) is 0.679. The number of amides is 1. The van der Waals surface area contributed by atoms with Gasteiger partial charge in [0.1, 0.15) is 11.3 Å². The molecule has 0 aliphatic heterocycles. The number of aromatic hydroxyl groups is 1. The van der Waals surface area contributed by atoms with Crippen LogP contribution in [-0.4, -0.2) is 30.0 Å². The fourth-order valence-electron chi connectivity index (χ4n) is 3.53. The highest BCUT2D eigenvalue weighted by atomic mass is 16.4. The lowest BCUT2D eigenvalue weighted by molar-refractivity contribution is 0.0963. The molecule has 0 radical (unpaired) electrons. The van der Waals surface area contributed by atoms with E-state index in [2.05, 4.69) is 5.32 Å². The van der Waals surface area contributed by atoms with E-state index in [1.54, 1.807) is 19.2 Å². The van der Waals surface area contributed by atoms with Crippen molar-refractivity contribution in [1.29, 1.82) is 0 Å². The summed E-state index contributed by atoms with van der Waals surface area (Å²) in [5, 5.41) is 14.2. The molecule has 0 spiro atoms. The summed E-state index contributed by atoms with van der Waals surface area (Å²) in [5.74, 6) is 0.0543. The number of benzene rings is 2. The zero-order valence-electron chi connectivity index (χ0n) is 17.2. The van der Waals surface area contributed by atoms with E-state index in [0.29, 0.717) is 36.2 Å². The van der Waals surface area contributed by atoms with Crippen LogP contribution in [0.5, 0.6) is 5.75 Å². The Morgan fingerprint density at radius 3 is 2.48 bits per heavy atom. The van der Waals surface area contributed by atoms with Crippen LogP contribution in [0.15, 0.2) is 45.6 Å². The van der Waals surface area contributed by atoms with Gasteiger partial charge in [-0.25, -0.2) is 4.79 Å². The summed E-state index contributed by atoms with van der Waals surface area (Å²) in [4.78, 5) is 25.6. The first kappa shape index (κ1) is 20.6. The molecule has 6 nitrogen and oxygen atoms in total. The summed E-state index contributed by atoms with van der Waals surface area (Å²) < 4.78 is 5.47. The Balaban J connectivity index is 1.91. The predicted octanol–water partition coefficient (Wildman–Crippen LogP) is 3.36. The summed E-state index contributed by atoms with van der Waals surface area (Å²) in [5.41, 5.74) is 3.93. The second kappa shape index (κ2) is 8.49. The number of nitrogens with zero attached hydrogens (tertiary/aromatic N) is 1. The molecule has 152 valence electrons. The van der Waals surface area contributed by atoms with Crippen molar-refractivity contribution >= 4 is 16.9 Å². The Morgan fingerprint density at radius 1 is 1.17 bits per heavy atom. The molecule has 0 fully saturated rings. The van der Waals surface area contributed by atoms with Crippen LogP contribution in [0.4, 0.5) is 0 Å². The molecule has 1 heterocycles. The minimum Gasteiger partial charge on any atom is -0.507 e. The number of phenolic OH excluding ortho intramolecular Hbond substituents is 1. The Kier molecular flexibility index (Phi) is 6.03. The lowest BCUT2D eigenvalue weighted by Gasteiger charge is -2.20. The molecule has 6 heteroatoms. The molecule has 2 aromatic carbocycles. The van der Waals surface area contributed by atoms with Gasteiger partial charge in [-0.05, 0) is 55.3 Å². The zero-order chi connectivity index (χ0) is 21.1. The van der Waals surface area contributed by atoms with Gasteiger partial charge in [0, 0.05) is 37.2 Å². The molecule has 0 saturated carbocycles. The number of carbonyl (C=O) groups is 1. The molecule has 3 rings (SSSR count). The molecule has 0 bridgehead atoms. The summed E-state index contributed by atoms with van der Waals surface area (Å²) in [6, 6.07) is 10.8. The molecule has 3 aromatic rings. The van der Waals surface area contributed by atoms with Crippen molar-refractivity contribution in [2.75, 3.05) is 14.1 Å². The number of hydrogen-bond donors (Lipinski definition) is 2. The summed E-state index contributed by atoms with van der Waals surface area (Å²) >= 11 is 0. The largest absolute Gasteiger partial charge is 0.507 e. The second-order valence-electron chi connectivity index (χ2n) is 7.29. The predicted molar refractivity (Wildman–Crippen MR) is 113 cm³/mol. The van der Waals surface area contributed by atoms with Gasteiger partial charge in [-0.2, -0.15) is 0 Å². The Labute approximate surface area is 169 Å². The van der Waals surface area contributed by atoms with Gasteiger partial charge < -0.3 is 14.8 Å². The van der Waals surface area contributed by atoms with Crippen LogP contribution in [0.1, 0.15) is 39.5 Å². The van der Waals surface area contributed by atoms with Crippen molar-refractivity contribution in [1.82, 2.24) is 10.2 Å². The number of rotatable bonds is 6. The highest BCUT2D eigenvalue weighted by Crippen LogP contribution is 2.33. The normalized spacial score (nSPS) is 11.2. The van der Waals surface area contributed by atoms with Crippen LogP contribution in [0.3, 0.4) is 0 Å². The molecule has 0 saturated heterocycles. The highest BCUT2D eigenvalue weighted by Gasteiger charge is 2.18. The lowest BCUT2D eigenvalue weighted by atomic mass is 9.99. The fraction of sp³-hybridized carbons (Fsp3) is 0.304. The molecule has 0 atom stereocenters. The maximum Gasteiger partial charge on any atom is 0.336 e. The molecular weight excluding hydrogens is 368 g/mol. The molecule has 2 N–H and O–H groups in total. The highest BCUT2D eigenvalue weighted by molar-refractivity contribution is 5.93. The van der Waals surface area contributed by atoms with E-state index in [0.717, 1.165) is 22.1 Å². The van der Waals surface area contributed by atoms with Gasteiger partial charge in [0.2, 0.25) is 0 Å². The third kappa shape index (κ3) is 4.32. The minimum atomic E-state index is -0.424. The van der Waals surface area contributed by atoms with Crippen molar-refractivity contribution in [3.05, 3.63) is 74.6 Å². The van der Waals surface area contributed by atoms with Gasteiger partial charge in [0.15, 0.2) is 0 Å². The molecule has 0 aliphatic rings. The van der Waals surface area contributed by atoms with Crippen molar-refractivity contribution in [3.8, 4) is 5.75 Å². The van der Waals surface area contributed by atoms with Gasteiger partial charge in [-0.15, -0.1) is 0 Å². The quantitative estimate of drug-likeness (QED) is 0.627. The number of fused-ring (bicyclic) bond motifs is 1. The maximum atomic E-state index is 11.9. The average molecular weight is 394 g/mol. The van der Waals surface area contributed by atoms with Gasteiger partial charge >= 0.3 is 5.63 Å². The maximum absolute atomic E-state index is 11.9. The van der Waals surface area contributed by atoms with Crippen molar-refractivity contribution in [3.63, 3.8) is 0 Å². The summed E-state index contributed by atoms with van der Waals surface area (Å²) in [7, 11) is 3.54. The van der Waals surface area contributed by atoms with Gasteiger partial charge in [-0.3, -0.25) is 9.69 Å². The molecule has 29 heavy (non-hydrogen) atoms. The standard InChI is InChI=1S/C23H26N2O4/c1-5-16-11-18-14(2)10-20(26)29-22(18)19(21(16)27)13-25(4)12-15-6-8-17(9-7-15)23(28)24-3/h6-11,27H,5,12-13H2,1-4H3,(H,24,28). The van der Waals surface area contributed by atoms with E-state index < -0.39 is 5.63 Å². The van der Waals surface area contributed by atoms with Crippen LogP contribution < -0.4 is 10.9 Å². The Morgan fingerprint density at radius 2 is 1.86 bits per heavy atom. The minimum absolute atomic E-state index is 0.122. The first-order chi connectivity index (χ1) is 13.8. The van der Waals surface area contributed by atoms with E-state index in [1.165, 1.54) is 6.07 Å².